The van der Waals surface area contributed by atoms with E-state index in [4.69, 9.17) is 4.74 Å². The molecule has 0 aromatic carbocycles. The van der Waals surface area contributed by atoms with Crippen molar-refractivity contribution in [2.45, 2.75) is 44.2 Å². The molecule has 1 aromatic rings. The summed E-state index contributed by atoms with van der Waals surface area (Å²) in [6, 6.07) is 0. The standard InChI is InChI=1S/C16H27N3O3S.ClH/c1-2-3-4-5-6-13-14(20)17-16(18-15(13)21)23-12-9-19-7-10-22-11-8-19;/h2-12H2,1H3,(H2,17,18,20,21);1H/p-1. The molecule has 0 bridgehead atoms. The number of thioether (sulfide) groups is 1. The highest BCUT2D eigenvalue weighted by atomic mass is 35.5. The first-order valence-electron chi connectivity index (χ1n) is 8.45. The van der Waals surface area contributed by atoms with Crippen molar-refractivity contribution in [3.05, 3.63) is 15.9 Å². The van der Waals surface area contributed by atoms with Gasteiger partial charge in [-0.25, -0.2) is 0 Å². The molecule has 1 aliphatic rings. The van der Waals surface area contributed by atoms with Crippen LogP contribution in [0, 0.1) is 0 Å². The molecular formula is C16H27ClN3O3S-. The van der Waals surface area contributed by atoms with E-state index in [1.807, 2.05) is 0 Å². The van der Waals surface area contributed by atoms with E-state index >= 15 is 0 Å². The predicted molar refractivity (Wildman–Crippen MR) is 92.4 cm³/mol. The molecule has 0 spiro atoms. The molecule has 1 aliphatic heterocycles. The summed E-state index contributed by atoms with van der Waals surface area (Å²) in [4.78, 5) is 21.3. The lowest BCUT2D eigenvalue weighted by molar-refractivity contribution is -0.00000755. The first-order valence-corrected chi connectivity index (χ1v) is 9.44. The number of nitrogens with one attached hydrogen (secondary N) is 1. The molecule has 0 unspecified atom stereocenters. The molecule has 2 heterocycles. The molecule has 24 heavy (non-hydrogen) atoms. The van der Waals surface area contributed by atoms with Crippen molar-refractivity contribution in [3.63, 3.8) is 0 Å². The molecule has 1 saturated heterocycles. The topological polar surface area (TPSA) is 78.5 Å². The summed E-state index contributed by atoms with van der Waals surface area (Å²) >= 11 is 1.47. The second-order valence-corrected chi connectivity index (χ2v) is 6.87. The number of H-pyrrole nitrogens is 1. The smallest absolute Gasteiger partial charge is 0.258 e. The number of ether oxygens (including phenoxy) is 1. The maximum atomic E-state index is 12.1. The number of nitrogens with zero attached hydrogens (tertiary/aromatic N) is 2. The third kappa shape index (κ3) is 7.01. The van der Waals surface area contributed by atoms with E-state index in [9.17, 15) is 9.90 Å². The van der Waals surface area contributed by atoms with Crippen LogP contribution in [0.15, 0.2) is 9.95 Å². The molecule has 0 radical (unpaired) electrons. The molecule has 0 amide bonds. The molecule has 1 aromatic heterocycles. The Labute approximate surface area is 153 Å². The molecule has 0 saturated carbocycles. The Morgan fingerprint density at radius 1 is 1.29 bits per heavy atom. The van der Waals surface area contributed by atoms with Crippen molar-refractivity contribution in [1.82, 2.24) is 14.9 Å². The molecule has 2 rings (SSSR count). The third-order valence-electron chi connectivity index (χ3n) is 4.00. The second kappa shape index (κ2) is 11.7. The number of aromatic nitrogens is 2. The summed E-state index contributed by atoms with van der Waals surface area (Å²) in [5.74, 6) is 0.720. The molecule has 0 atom stereocenters. The van der Waals surface area contributed by atoms with Gasteiger partial charge in [0.25, 0.3) is 5.56 Å². The van der Waals surface area contributed by atoms with Crippen molar-refractivity contribution in [2.24, 2.45) is 0 Å². The monoisotopic (exact) mass is 376 g/mol. The highest BCUT2D eigenvalue weighted by Gasteiger charge is 2.13. The van der Waals surface area contributed by atoms with E-state index in [0.717, 1.165) is 64.3 Å². The van der Waals surface area contributed by atoms with Crippen LogP contribution in [0.2, 0.25) is 0 Å². The molecule has 1 fully saturated rings. The van der Waals surface area contributed by atoms with Gasteiger partial charge in [-0.3, -0.25) is 9.69 Å². The zero-order valence-corrected chi connectivity index (χ0v) is 15.8. The number of halogens is 1. The van der Waals surface area contributed by atoms with Crippen LogP contribution < -0.4 is 18.0 Å². The Bertz CT molecular complexity index is 536. The number of hydrogen-bond donors (Lipinski definition) is 2. The summed E-state index contributed by atoms with van der Waals surface area (Å²) in [6.45, 7) is 6.55. The molecule has 138 valence electrons. The van der Waals surface area contributed by atoms with Crippen molar-refractivity contribution in [3.8, 4) is 5.88 Å². The van der Waals surface area contributed by atoms with E-state index in [2.05, 4.69) is 21.8 Å². The normalized spacial score (nSPS) is 15.2. The van der Waals surface area contributed by atoms with Crippen LogP contribution in [-0.4, -0.2) is 58.6 Å². The lowest BCUT2D eigenvalue weighted by Gasteiger charge is -2.26. The van der Waals surface area contributed by atoms with E-state index in [-0.39, 0.29) is 23.8 Å². The maximum Gasteiger partial charge on any atom is 0.258 e. The molecule has 8 heteroatoms. The zero-order valence-electron chi connectivity index (χ0n) is 14.2. The maximum absolute atomic E-state index is 12.1. The average molecular weight is 377 g/mol. The first-order chi connectivity index (χ1) is 11.2. The zero-order chi connectivity index (χ0) is 16.5. The van der Waals surface area contributed by atoms with Crippen molar-refractivity contribution >= 4 is 11.8 Å². The minimum absolute atomic E-state index is 0. The van der Waals surface area contributed by atoms with Gasteiger partial charge in [-0.05, 0) is 12.8 Å². The van der Waals surface area contributed by atoms with Crippen LogP contribution in [-0.2, 0) is 11.2 Å². The number of morpholine rings is 1. The Kier molecular flexibility index (Phi) is 10.4. The molecular weight excluding hydrogens is 350 g/mol. The quantitative estimate of drug-likeness (QED) is 0.328. The predicted octanol–water partition coefficient (Wildman–Crippen LogP) is -0.973. The second-order valence-electron chi connectivity index (χ2n) is 5.79. The number of aromatic amines is 1. The SMILES string of the molecule is CCCCCCc1c(O)nc(SCCN2CCOCC2)[nH]c1=O.[Cl-]. The van der Waals surface area contributed by atoms with Gasteiger partial charge in [0.2, 0.25) is 5.88 Å². The summed E-state index contributed by atoms with van der Waals surface area (Å²) < 4.78 is 5.31. The fourth-order valence-electron chi connectivity index (χ4n) is 2.58. The van der Waals surface area contributed by atoms with Gasteiger partial charge < -0.3 is 27.2 Å². The lowest BCUT2D eigenvalue weighted by atomic mass is 10.1. The highest BCUT2D eigenvalue weighted by Crippen LogP contribution is 2.18. The number of unbranched alkanes of at least 4 members (excludes halogenated alkanes) is 3. The fourth-order valence-corrected chi connectivity index (χ4v) is 3.44. The van der Waals surface area contributed by atoms with Crippen molar-refractivity contribution in [1.29, 1.82) is 0 Å². The van der Waals surface area contributed by atoms with E-state index in [1.54, 1.807) is 0 Å². The van der Waals surface area contributed by atoms with Gasteiger partial charge >= 0.3 is 0 Å². The number of aromatic hydroxyl groups is 1. The Balaban J connectivity index is 0.00000288. The van der Waals surface area contributed by atoms with Gasteiger partial charge in [-0.15, -0.1) is 0 Å². The van der Waals surface area contributed by atoms with E-state index in [0.29, 0.717) is 17.1 Å². The number of hydrogen-bond acceptors (Lipinski definition) is 6. The van der Waals surface area contributed by atoms with E-state index in [1.165, 1.54) is 11.8 Å². The summed E-state index contributed by atoms with van der Waals surface area (Å²) in [5, 5.41) is 10.5. The highest BCUT2D eigenvalue weighted by molar-refractivity contribution is 7.99. The van der Waals surface area contributed by atoms with Crippen LogP contribution in [0.4, 0.5) is 0 Å². The Hall–Kier alpha value is -0.760. The van der Waals surface area contributed by atoms with Crippen LogP contribution in [0.1, 0.15) is 38.2 Å². The van der Waals surface area contributed by atoms with Gasteiger partial charge in [0.1, 0.15) is 0 Å². The van der Waals surface area contributed by atoms with Gasteiger partial charge in [0, 0.05) is 25.4 Å². The summed E-state index contributed by atoms with van der Waals surface area (Å²) in [6.07, 6.45) is 4.88. The van der Waals surface area contributed by atoms with Gasteiger partial charge in [-0.2, -0.15) is 4.98 Å². The van der Waals surface area contributed by atoms with Crippen LogP contribution in [0.25, 0.3) is 0 Å². The van der Waals surface area contributed by atoms with Crippen LogP contribution >= 0.6 is 11.8 Å². The summed E-state index contributed by atoms with van der Waals surface area (Å²) in [7, 11) is 0. The summed E-state index contributed by atoms with van der Waals surface area (Å²) in [5.41, 5.74) is 0.210. The first kappa shape index (κ1) is 21.3. The van der Waals surface area contributed by atoms with Crippen molar-refractivity contribution < 1.29 is 22.3 Å². The van der Waals surface area contributed by atoms with Gasteiger partial charge in [0.15, 0.2) is 5.16 Å². The number of rotatable bonds is 9. The lowest BCUT2D eigenvalue weighted by Crippen LogP contribution is -3.00. The minimum atomic E-state index is -0.206. The Morgan fingerprint density at radius 2 is 2.04 bits per heavy atom. The fraction of sp³-hybridized carbons (Fsp3) is 0.750. The van der Waals surface area contributed by atoms with Gasteiger partial charge in [-0.1, -0.05) is 37.9 Å². The molecule has 6 nitrogen and oxygen atoms in total. The van der Waals surface area contributed by atoms with Crippen LogP contribution in [0.3, 0.4) is 0 Å². The minimum Gasteiger partial charge on any atom is -1.00 e. The molecule has 0 aliphatic carbocycles. The van der Waals surface area contributed by atoms with Gasteiger partial charge in [0.05, 0.1) is 18.8 Å². The third-order valence-corrected chi connectivity index (χ3v) is 4.86. The molecule has 2 N–H and O–H groups in total. The van der Waals surface area contributed by atoms with Crippen molar-refractivity contribution in [2.75, 3.05) is 38.6 Å². The largest absolute Gasteiger partial charge is 1.00 e. The Morgan fingerprint density at radius 3 is 2.71 bits per heavy atom. The van der Waals surface area contributed by atoms with E-state index < -0.39 is 0 Å². The average Bonchev–Trinajstić information content (AvgIpc) is 2.54. The van der Waals surface area contributed by atoms with Crippen LogP contribution in [0.5, 0.6) is 5.88 Å².